The molecule has 0 amide bonds. The topological polar surface area (TPSA) is 65.0 Å². The van der Waals surface area contributed by atoms with Gasteiger partial charge in [-0.1, -0.05) is 69.2 Å². The summed E-state index contributed by atoms with van der Waals surface area (Å²) in [6.07, 6.45) is 3.82. The molecule has 0 rings (SSSR count). The zero-order valence-electron chi connectivity index (χ0n) is 31.0. The molecule has 248 valence electrons. The molecule has 0 spiro atoms. The van der Waals surface area contributed by atoms with Crippen molar-refractivity contribution in [2.75, 3.05) is 0 Å². The predicted octanol–water partition coefficient (Wildman–Crippen LogP) is 10.5. The summed E-state index contributed by atoms with van der Waals surface area (Å²) in [4.78, 5) is 12.1. The number of carboxylic acids is 1. The van der Waals surface area contributed by atoms with Gasteiger partial charge in [0.05, 0.1) is 24.2 Å². The Morgan fingerprint density at radius 1 is 0.667 bits per heavy atom. The van der Waals surface area contributed by atoms with Crippen molar-refractivity contribution >= 4 is 30.9 Å². The second-order valence-corrected chi connectivity index (χ2v) is 31.5. The van der Waals surface area contributed by atoms with Gasteiger partial charge in [-0.25, -0.2) is 0 Å². The van der Waals surface area contributed by atoms with Gasteiger partial charge in [-0.3, -0.25) is 4.79 Å². The van der Waals surface area contributed by atoms with Gasteiger partial charge in [0.2, 0.25) is 0 Å². The van der Waals surface area contributed by atoms with E-state index in [1.165, 1.54) is 0 Å². The summed E-state index contributed by atoms with van der Waals surface area (Å²) in [6, 6.07) is 0. The van der Waals surface area contributed by atoms with Gasteiger partial charge >= 0.3 is 5.97 Å². The van der Waals surface area contributed by atoms with Crippen LogP contribution in [-0.4, -0.2) is 54.3 Å². The van der Waals surface area contributed by atoms with Crippen LogP contribution in [0.2, 0.25) is 54.4 Å². The van der Waals surface area contributed by atoms with Gasteiger partial charge in [-0.05, 0) is 99.8 Å². The molecule has 0 fully saturated rings. The van der Waals surface area contributed by atoms with Gasteiger partial charge in [0.15, 0.2) is 25.0 Å². The molecule has 5 nitrogen and oxygen atoms in total. The SMILES string of the molecule is CC#CCC[C@H](O[Si](C)(C)C(C)(C)C)[C@H](CC[C@H](C)C[C@@H](O[Si](C)(C)C(C)(C)C)[C@@H](C)C(=O)O)O[Si](C)(C)C(C)(C)C. The molecular formula is C34H70O5Si3. The van der Waals surface area contributed by atoms with E-state index in [-0.39, 0.29) is 39.3 Å². The summed E-state index contributed by atoms with van der Waals surface area (Å²) in [6.45, 7) is 40.1. The van der Waals surface area contributed by atoms with E-state index in [1.54, 1.807) is 6.92 Å². The lowest BCUT2D eigenvalue weighted by molar-refractivity contribution is -0.144. The third-order valence-corrected chi connectivity index (χ3v) is 23.9. The number of carboxylic acid groups (broad SMARTS) is 1. The number of carbonyl (C=O) groups is 1. The van der Waals surface area contributed by atoms with Gasteiger partial charge in [0.25, 0.3) is 0 Å². The first kappa shape index (κ1) is 41.6. The maximum atomic E-state index is 12.1. The van der Waals surface area contributed by atoms with Crippen molar-refractivity contribution in [2.45, 2.75) is 188 Å². The van der Waals surface area contributed by atoms with Crippen molar-refractivity contribution in [3.05, 3.63) is 0 Å². The lowest BCUT2D eigenvalue weighted by Gasteiger charge is -2.45. The Morgan fingerprint density at radius 3 is 1.36 bits per heavy atom. The number of rotatable bonds is 16. The van der Waals surface area contributed by atoms with Crippen LogP contribution in [0.25, 0.3) is 0 Å². The van der Waals surface area contributed by atoms with Gasteiger partial charge in [0.1, 0.15) is 0 Å². The normalized spacial score (nSPS) is 17.6. The Hall–Kier alpha value is -0.439. The minimum absolute atomic E-state index is 0.0184. The van der Waals surface area contributed by atoms with Crippen LogP contribution < -0.4 is 0 Å². The average Bonchev–Trinajstić information content (AvgIpc) is 2.77. The first-order chi connectivity index (χ1) is 18.6. The average molecular weight is 643 g/mol. The molecule has 1 N–H and O–H groups in total. The fraction of sp³-hybridized carbons (Fsp3) is 0.912. The Balaban J connectivity index is 6.28. The largest absolute Gasteiger partial charge is 0.481 e. The van der Waals surface area contributed by atoms with Crippen LogP contribution in [0.15, 0.2) is 0 Å². The van der Waals surface area contributed by atoms with E-state index in [0.29, 0.717) is 0 Å². The highest BCUT2D eigenvalue weighted by Gasteiger charge is 2.45. The van der Waals surface area contributed by atoms with Crippen LogP contribution in [0.5, 0.6) is 0 Å². The van der Waals surface area contributed by atoms with Crippen LogP contribution in [0.3, 0.4) is 0 Å². The molecule has 5 atom stereocenters. The molecule has 0 heterocycles. The Kier molecular flexibility index (Phi) is 15.5. The smallest absolute Gasteiger partial charge is 0.308 e. The highest BCUT2D eigenvalue weighted by Crippen LogP contribution is 2.43. The van der Waals surface area contributed by atoms with Gasteiger partial charge in [0, 0.05) is 6.42 Å². The summed E-state index contributed by atoms with van der Waals surface area (Å²) >= 11 is 0. The number of aliphatic carboxylic acids is 1. The fourth-order valence-corrected chi connectivity index (χ4v) is 8.29. The molecule has 0 aromatic rings. The first-order valence-electron chi connectivity index (χ1n) is 16.3. The molecule has 0 saturated heterocycles. The van der Waals surface area contributed by atoms with E-state index in [0.717, 1.165) is 32.1 Å². The lowest BCUT2D eigenvalue weighted by atomic mass is 9.90. The highest BCUT2D eigenvalue weighted by atomic mass is 28.4. The molecule has 0 aromatic carbocycles. The molecule has 0 aliphatic heterocycles. The maximum absolute atomic E-state index is 12.1. The Labute approximate surface area is 265 Å². The van der Waals surface area contributed by atoms with Crippen molar-refractivity contribution in [1.82, 2.24) is 0 Å². The maximum Gasteiger partial charge on any atom is 0.308 e. The third-order valence-electron chi connectivity index (χ3n) is 10.4. The lowest BCUT2D eigenvalue weighted by Crippen LogP contribution is -2.52. The van der Waals surface area contributed by atoms with Gasteiger partial charge < -0.3 is 18.4 Å². The standard InChI is InChI=1S/C34H70O5Si3/c1-19-20-21-22-28(37-40(13,14)32(4,5)6)29(38-41(15,16)33(7,8)9)24-23-26(2)25-30(27(3)31(35)36)39-42(17,18)34(10,11)12/h26-30H,21-25H2,1-18H3,(H,35,36)/t26-,27+,28-,29-,30+/m0/s1. The number of hydrogen-bond donors (Lipinski definition) is 1. The molecule has 0 radical (unpaired) electrons. The summed E-state index contributed by atoms with van der Waals surface area (Å²) < 4.78 is 21.1. The summed E-state index contributed by atoms with van der Waals surface area (Å²) in [5.41, 5.74) is 0. The van der Waals surface area contributed by atoms with Crippen molar-refractivity contribution in [2.24, 2.45) is 11.8 Å². The molecular weight excluding hydrogens is 573 g/mol. The van der Waals surface area contributed by atoms with Crippen LogP contribution in [0, 0.1) is 23.7 Å². The third kappa shape index (κ3) is 12.9. The Bertz CT molecular complexity index is 897. The zero-order valence-corrected chi connectivity index (χ0v) is 34.0. The summed E-state index contributed by atoms with van der Waals surface area (Å²) in [5, 5.41) is 10.1. The van der Waals surface area contributed by atoms with E-state index in [4.69, 9.17) is 13.3 Å². The van der Waals surface area contributed by atoms with Crippen molar-refractivity contribution in [3.8, 4) is 11.8 Å². The highest BCUT2D eigenvalue weighted by molar-refractivity contribution is 6.75. The second kappa shape index (κ2) is 15.7. The fourth-order valence-electron chi connectivity index (χ4n) is 4.12. The zero-order chi connectivity index (χ0) is 33.5. The summed E-state index contributed by atoms with van der Waals surface area (Å²) in [5.74, 6) is 5.28. The van der Waals surface area contributed by atoms with Gasteiger partial charge in [-0.15, -0.1) is 11.8 Å². The van der Waals surface area contributed by atoms with Crippen LogP contribution in [0.1, 0.15) is 115 Å². The monoisotopic (exact) mass is 642 g/mol. The Morgan fingerprint density at radius 2 is 1.02 bits per heavy atom. The summed E-state index contributed by atoms with van der Waals surface area (Å²) in [7, 11) is -6.28. The van der Waals surface area contributed by atoms with E-state index < -0.39 is 36.8 Å². The minimum Gasteiger partial charge on any atom is -0.481 e. The van der Waals surface area contributed by atoms with Crippen molar-refractivity contribution < 1.29 is 23.2 Å². The van der Waals surface area contributed by atoms with Crippen LogP contribution in [0.4, 0.5) is 0 Å². The molecule has 0 saturated carbocycles. The second-order valence-electron chi connectivity index (χ2n) is 17.3. The quantitative estimate of drug-likeness (QED) is 0.134. The van der Waals surface area contributed by atoms with Gasteiger partial charge in [-0.2, -0.15) is 0 Å². The van der Waals surface area contributed by atoms with Crippen molar-refractivity contribution in [3.63, 3.8) is 0 Å². The van der Waals surface area contributed by atoms with E-state index >= 15 is 0 Å². The van der Waals surface area contributed by atoms with Crippen LogP contribution in [-0.2, 0) is 18.1 Å². The van der Waals surface area contributed by atoms with E-state index in [9.17, 15) is 9.90 Å². The van der Waals surface area contributed by atoms with Crippen LogP contribution >= 0.6 is 0 Å². The van der Waals surface area contributed by atoms with E-state index in [2.05, 4.69) is 120 Å². The first-order valence-corrected chi connectivity index (χ1v) is 25.0. The molecule has 0 aliphatic carbocycles. The molecule has 42 heavy (non-hydrogen) atoms. The molecule has 0 unspecified atom stereocenters. The molecule has 0 bridgehead atoms. The molecule has 0 aliphatic rings. The van der Waals surface area contributed by atoms with Crippen molar-refractivity contribution in [1.29, 1.82) is 0 Å². The van der Waals surface area contributed by atoms with E-state index in [1.807, 2.05) is 6.92 Å². The minimum atomic E-state index is -2.13. The molecule has 8 heteroatoms. The molecule has 0 aromatic heterocycles. The number of hydrogen-bond acceptors (Lipinski definition) is 4. The predicted molar refractivity (Wildman–Crippen MR) is 189 cm³/mol.